The van der Waals surface area contributed by atoms with E-state index in [4.69, 9.17) is 9.26 Å². The number of amides is 1. The van der Waals surface area contributed by atoms with Crippen molar-refractivity contribution in [1.82, 2.24) is 25.2 Å². The average Bonchev–Trinajstić information content (AvgIpc) is 3.30. The lowest BCUT2D eigenvalue weighted by atomic mass is 10.1. The second-order valence-corrected chi connectivity index (χ2v) is 5.40. The molecule has 0 spiro atoms. The van der Waals surface area contributed by atoms with E-state index in [1.54, 1.807) is 13.4 Å². The highest BCUT2D eigenvalue weighted by Crippen LogP contribution is 2.23. The molecule has 0 aliphatic rings. The number of benzene rings is 1. The summed E-state index contributed by atoms with van der Waals surface area (Å²) in [7, 11) is 1.66. The second-order valence-electron chi connectivity index (χ2n) is 5.40. The number of rotatable bonds is 8. The van der Waals surface area contributed by atoms with Gasteiger partial charge in [-0.25, -0.2) is 0 Å². The van der Waals surface area contributed by atoms with Crippen molar-refractivity contribution in [3.63, 3.8) is 0 Å². The molecular weight excluding hydrogens is 322 g/mol. The number of hydrogen-bond acceptors (Lipinski definition) is 6. The molecule has 8 nitrogen and oxygen atoms in total. The monoisotopic (exact) mass is 341 g/mol. The van der Waals surface area contributed by atoms with Crippen molar-refractivity contribution in [2.45, 2.75) is 19.5 Å². The number of nitrogens with one attached hydrogen (secondary N) is 1. The predicted molar refractivity (Wildman–Crippen MR) is 89.6 cm³/mol. The molecule has 0 unspecified atom stereocenters. The maximum atomic E-state index is 12.5. The van der Waals surface area contributed by atoms with Crippen LogP contribution in [-0.2, 0) is 17.8 Å². The van der Waals surface area contributed by atoms with E-state index in [9.17, 15) is 4.79 Å². The van der Waals surface area contributed by atoms with Crippen LogP contribution in [0.15, 0.2) is 47.4 Å². The Kier molecular flexibility index (Phi) is 5.53. The van der Waals surface area contributed by atoms with E-state index < -0.39 is 0 Å². The molecule has 0 radical (unpaired) electrons. The Hall–Kier alpha value is -3.00. The van der Waals surface area contributed by atoms with Gasteiger partial charge in [0.1, 0.15) is 11.9 Å². The third-order valence-corrected chi connectivity index (χ3v) is 3.70. The van der Waals surface area contributed by atoms with Gasteiger partial charge in [-0.05, 0) is 6.42 Å². The van der Waals surface area contributed by atoms with E-state index in [0.29, 0.717) is 23.8 Å². The molecule has 0 atom stereocenters. The lowest BCUT2D eigenvalue weighted by Crippen LogP contribution is -2.25. The predicted octanol–water partition coefficient (Wildman–Crippen LogP) is 1.90. The van der Waals surface area contributed by atoms with Crippen LogP contribution in [0.25, 0.3) is 11.3 Å². The van der Waals surface area contributed by atoms with Crippen LogP contribution in [-0.4, -0.2) is 39.5 Å². The van der Waals surface area contributed by atoms with Crippen LogP contribution >= 0.6 is 0 Å². The first-order chi connectivity index (χ1) is 12.3. The van der Waals surface area contributed by atoms with Gasteiger partial charge in [0.2, 0.25) is 0 Å². The number of nitrogens with zero attached hydrogens (tertiary/aromatic N) is 4. The molecule has 1 amide bonds. The molecule has 0 saturated carbocycles. The van der Waals surface area contributed by atoms with E-state index in [2.05, 4.69) is 20.7 Å². The third-order valence-electron chi connectivity index (χ3n) is 3.70. The zero-order valence-electron chi connectivity index (χ0n) is 13.9. The molecule has 3 aromatic rings. The zero-order chi connectivity index (χ0) is 17.5. The van der Waals surface area contributed by atoms with E-state index in [1.807, 2.05) is 34.9 Å². The highest BCUT2D eigenvalue weighted by molar-refractivity contribution is 5.99. The Morgan fingerprint density at radius 1 is 1.32 bits per heavy atom. The number of methoxy groups -OCH3 is 1. The molecule has 0 bridgehead atoms. The topological polar surface area (TPSA) is 95.1 Å². The van der Waals surface area contributed by atoms with Crippen LogP contribution in [0.3, 0.4) is 0 Å². The van der Waals surface area contributed by atoms with E-state index >= 15 is 0 Å². The first-order valence-electron chi connectivity index (χ1n) is 7.93. The van der Waals surface area contributed by atoms with Crippen molar-refractivity contribution in [2.75, 3.05) is 13.7 Å². The fraction of sp³-hybridized carbons (Fsp3) is 0.294. The fourth-order valence-electron chi connectivity index (χ4n) is 2.44. The first-order valence-corrected chi connectivity index (χ1v) is 7.93. The Morgan fingerprint density at radius 3 is 2.96 bits per heavy atom. The van der Waals surface area contributed by atoms with Gasteiger partial charge in [0, 0.05) is 25.8 Å². The normalized spacial score (nSPS) is 10.8. The van der Waals surface area contributed by atoms with Gasteiger partial charge in [-0.2, -0.15) is 0 Å². The minimum absolute atomic E-state index is 0.269. The summed E-state index contributed by atoms with van der Waals surface area (Å²) < 4.78 is 12.2. The molecular formula is C17H19N5O3. The van der Waals surface area contributed by atoms with Gasteiger partial charge in [-0.15, -0.1) is 10.2 Å². The Bertz CT molecular complexity index is 813. The molecule has 1 N–H and O–H groups in total. The molecule has 0 fully saturated rings. The van der Waals surface area contributed by atoms with Crippen LogP contribution in [0.1, 0.15) is 22.6 Å². The summed E-state index contributed by atoms with van der Waals surface area (Å²) in [5.41, 5.74) is 1.18. The molecule has 0 saturated heterocycles. The number of aryl methyl sites for hydroxylation is 1. The Morgan fingerprint density at radius 2 is 2.16 bits per heavy atom. The van der Waals surface area contributed by atoms with Crippen molar-refractivity contribution in [2.24, 2.45) is 0 Å². The lowest BCUT2D eigenvalue weighted by Gasteiger charge is -2.07. The lowest BCUT2D eigenvalue weighted by molar-refractivity contribution is 0.0949. The number of hydrogen-bond donors (Lipinski definition) is 1. The summed E-state index contributed by atoms with van der Waals surface area (Å²) in [6.07, 6.45) is 3.91. The van der Waals surface area contributed by atoms with Crippen molar-refractivity contribution in [3.8, 4) is 11.3 Å². The third kappa shape index (κ3) is 4.10. The van der Waals surface area contributed by atoms with Gasteiger partial charge >= 0.3 is 0 Å². The van der Waals surface area contributed by atoms with Gasteiger partial charge < -0.3 is 19.1 Å². The van der Waals surface area contributed by atoms with Gasteiger partial charge in [-0.1, -0.05) is 35.5 Å². The van der Waals surface area contributed by atoms with Crippen LogP contribution < -0.4 is 5.32 Å². The molecule has 1 aromatic carbocycles. The van der Waals surface area contributed by atoms with Crippen molar-refractivity contribution in [3.05, 3.63) is 54.2 Å². The quantitative estimate of drug-likeness (QED) is 0.629. The van der Waals surface area contributed by atoms with E-state index in [-0.39, 0.29) is 12.5 Å². The van der Waals surface area contributed by atoms with Gasteiger partial charge in [0.15, 0.2) is 11.6 Å². The Balaban J connectivity index is 1.65. The van der Waals surface area contributed by atoms with E-state index in [0.717, 1.165) is 18.5 Å². The Labute approximate surface area is 144 Å². The molecule has 25 heavy (non-hydrogen) atoms. The van der Waals surface area contributed by atoms with Gasteiger partial charge in [0.25, 0.3) is 5.91 Å². The summed E-state index contributed by atoms with van der Waals surface area (Å²) >= 11 is 0. The summed E-state index contributed by atoms with van der Waals surface area (Å²) in [5, 5.41) is 14.5. The van der Waals surface area contributed by atoms with Gasteiger partial charge in [0.05, 0.1) is 12.7 Å². The molecule has 2 heterocycles. The van der Waals surface area contributed by atoms with Crippen LogP contribution in [0.2, 0.25) is 0 Å². The molecule has 8 heteroatoms. The molecule has 0 aliphatic carbocycles. The number of carbonyl (C=O) groups excluding carboxylic acids is 1. The SMILES string of the molecule is COCCCn1cnnc1CNC(=O)c1cnoc1-c1ccccc1. The highest BCUT2D eigenvalue weighted by Gasteiger charge is 2.18. The minimum Gasteiger partial charge on any atom is -0.385 e. The minimum atomic E-state index is -0.272. The zero-order valence-corrected chi connectivity index (χ0v) is 13.9. The maximum absolute atomic E-state index is 12.5. The van der Waals surface area contributed by atoms with Crippen LogP contribution in [0.4, 0.5) is 0 Å². The second kappa shape index (κ2) is 8.20. The van der Waals surface area contributed by atoms with Crippen molar-refractivity contribution < 1.29 is 14.1 Å². The van der Waals surface area contributed by atoms with Crippen molar-refractivity contribution >= 4 is 5.91 Å². The van der Waals surface area contributed by atoms with Crippen molar-refractivity contribution in [1.29, 1.82) is 0 Å². The van der Waals surface area contributed by atoms with Crippen LogP contribution in [0.5, 0.6) is 0 Å². The summed E-state index contributed by atoms with van der Waals surface area (Å²) in [6, 6.07) is 9.38. The maximum Gasteiger partial charge on any atom is 0.257 e. The number of ether oxygens (including phenoxy) is 1. The molecule has 2 aromatic heterocycles. The standard InChI is InChI=1S/C17H19N5O3/c1-24-9-5-8-22-12-19-21-15(22)11-18-17(23)14-10-20-25-16(14)13-6-3-2-4-7-13/h2-4,6-7,10,12H,5,8-9,11H2,1H3,(H,18,23). The molecule has 130 valence electrons. The smallest absolute Gasteiger partial charge is 0.257 e. The van der Waals surface area contributed by atoms with Crippen LogP contribution in [0, 0.1) is 0 Å². The number of carbonyl (C=O) groups is 1. The summed E-state index contributed by atoms with van der Waals surface area (Å²) in [6.45, 7) is 1.66. The summed E-state index contributed by atoms with van der Waals surface area (Å²) in [4.78, 5) is 12.5. The average molecular weight is 341 g/mol. The van der Waals surface area contributed by atoms with Gasteiger partial charge in [-0.3, -0.25) is 4.79 Å². The fourth-order valence-corrected chi connectivity index (χ4v) is 2.44. The number of aromatic nitrogens is 4. The molecule has 0 aliphatic heterocycles. The molecule has 3 rings (SSSR count). The first kappa shape index (κ1) is 16.8. The largest absolute Gasteiger partial charge is 0.385 e. The summed E-state index contributed by atoms with van der Waals surface area (Å²) in [5.74, 6) is 0.855. The van der Waals surface area contributed by atoms with E-state index in [1.165, 1.54) is 6.20 Å². The highest BCUT2D eigenvalue weighted by atomic mass is 16.5.